The number of rotatable bonds is 9. The van der Waals surface area contributed by atoms with Gasteiger partial charge in [0.25, 0.3) is 5.91 Å². The molecule has 7 nitrogen and oxygen atoms in total. The van der Waals surface area contributed by atoms with Crippen LogP contribution in [0.25, 0.3) is 0 Å². The lowest BCUT2D eigenvalue weighted by Gasteiger charge is -2.17. The highest BCUT2D eigenvalue weighted by molar-refractivity contribution is 6.08. The van der Waals surface area contributed by atoms with E-state index in [1.807, 2.05) is 20.8 Å². The fourth-order valence-electron chi connectivity index (χ4n) is 2.59. The summed E-state index contributed by atoms with van der Waals surface area (Å²) in [7, 11) is 1.29. The zero-order chi connectivity index (χ0) is 20.5. The molecule has 0 saturated heterocycles. The molecule has 0 aliphatic rings. The maximum atomic E-state index is 12.8. The Morgan fingerprint density at radius 3 is 2.00 bits per heavy atom. The van der Waals surface area contributed by atoms with Gasteiger partial charge < -0.3 is 24.3 Å². The van der Waals surface area contributed by atoms with Crippen LogP contribution in [0.3, 0.4) is 0 Å². The van der Waals surface area contributed by atoms with Gasteiger partial charge >= 0.3 is 5.97 Å². The van der Waals surface area contributed by atoms with Crippen LogP contribution in [0.1, 0.15) is 41.5 Å². The van der Waals surface area contributed by atoms with Crippen LogP contribution in [-0.4, -0.2) is 38.8 Å². The molecule has 0 unspecified atom stereocenters. The third kappa shape index (κ3) is 4.94. The van der Waals surface area contributed by atoms with Gasteiger partial charge in [0, 0.05) is 5.56 Å². The summed E-state index contributed by atoms with van der Waals surface area (Å²) in [6.45, 7) is 6.78. The summed E-state index contributed by atoms with van der Waals surface area (Å²) in [5.41, 5.74) is 0.929. The van der Waals surface area contributed by atoms with Crippen molar-refractivity contribution >= 4 is 17.6 Å². The molecule has 0 spiro atoms. The molecule has 28 heavy (non-hydrogen) atoms. The molecule has 150 valence electrons. The van der Waals surface area contributed by atoms with E-state index in [9.17, 15) is 9.59 Å². The zero-order valence-electron chi connectivity index (χ0n) is 16.5. The molecule has 0 aromatic heterocycles. The van der Waals surface area contributed by atoms with Crippen molar-refractivity contribution in [2.45, 2.75) is 20.8 Å². The predicted molar refractivity (Wildman–Crippen MR) is 106 cm³/mol. The average Bonchev–Trinajstić information content (AvgIpc) is 2.70. The molecule has 0 atom stereocenters. The lowest BCUT2D eigenvalue weighted by Crippen LogP contribution is -2.16. The third-order valence-electron chi connectivity index (χ3n) is 3.75. The first-order valence-electron chi connectivity index (χ1n) is 9.10. The van der Waals surface area contributed by atoms with Gasteiger partial charge in [-0.25, -0.2) is 4.79 Å². The van der Waals surface area contributed by atoms with Crippen LogP contribution < -0.4 is 19.5 Å². The Bertz CT molecular complexity index is 806. The molecule has 0 radical (unpaired) electrons. The standard InChI is InChI=1S/C21H25NO6/c1-5-26-17-12-14(13-18(27-6-2)19(17)28-7-3)20(23)22-16-11-9-8-10-15(16)21(24)25-4/h8-13H,5-7H2,1-4H3,(H,22,23). The lowest BCUT2D eigenvalue weighted by atomic mass is 10.1. The summed E-state index contributed by atoms with van der Waals surface area (Å²) < 4.78 is 21.7. The molecule has 0 heterocycles. The minimum Gasteiger partial charge on any atom is -0.490 e. The Kier molecular flexibility index (Phi) is 7.68. The van der Waals surface area contributed by atoms with Crippen molar-refractivity contribution < 1.29 is 28.5 Å². The van der Waals surface area contributed by atoms with Gasteiger partial charge in [0.1, 0.15) is 0 Å². The van der Waals surface area contributed by atoms with Crippen LogP contribution in [-0.2, 0) is 4.74 Å². The van der Waals surface area contributed by atoms with Crippen molar-refractivity contribution in [1.82, 2.24) is 0 Å². The van der Waals surface area contributed by atoms with E-state index in [4.69, 9.17) is 18.9 Å². The summed E-state index contributed by atoms with van der Waals surface area (Å²) >= 11 is 0. The van der Waals surface area contributed by atoms with Gasteiger partial charge in [0.05, 0.1) is 38.2 Å². The van der Waals surface area contributed by atoms with Crippen molar-refractivity contribution in [2.24, 2.45) is 0 Å². The highest BCUT2D eigenvalue weighted by Gasteiger charge is 2.20. The second-order valence-corrected chi connectivity index (χ2v) is 5.59. The van der Waals surface area contributed by atoms with Crippen LogP contribution >= 0.6 is 0 Å². The van der Waals surface area contributed by atoms with Crippen LogP contribution in [0.15, 0.2) is 36.4 Å². The number of hydrogen-bond donors (Lipinski definition) is 1. The Hall–Kier alpha value is -3.22. The van der Waals surface area contributed by atoms with E-state index in [-0.39, 0.29) is 5.56 Å². The number of benzene rings is 2. The molecule has 0 saturated carbocycles. The first kappa shape index (κ1) is 21.1. The minimum absolute atomic E-state index is 0.263. The molecular formula is C21H25NO6. The lowest BCUT2D eigenvalue weighted by molar-refractivity contribution is 0.0602. The number of anilines is 1. The van der Waals surface area contributed by atoms with Gasteiger partial charge in [-0.3, -0.25) is 4.79 Å². The molecule has 2 aromatic carbocycles. The minimum atomic E-state index is -0.535. The molecule has 1 amide bonds. The SMILES string of the molecule is CCOc1cc(C(=O)Nc2ccccc2C(=O)OC)cc(OCC)c1OCC. The van der Waals surface area contributed by atoms with E-state index in [2.05, 4.69) is 5.32 Å². The molecule has 2 rings (SSSR count). The Balaban J connectivity index is 2.41. The fourth-order valence-corrected chi connectivity index (χ4v) is 2.59. The number of para-hydroxylation sites is 1. The fraction of sp³-hybridized carbons (Fsp3) is 0.333. The zero-order valence-corrected chi connectivity index (χ0v) is 16.5. The van der Waals surface area contributed by atoms with Crippen LogP contribution in [0.2, 0.25) is 0 Å². The van der Waals surface area contributed by atoms with Crippen molar-refractivity contribution in [3.8, 4) is 17.2 Å². The molecule has 0 fully saturated rings. The summed E-state index contributed by atoms with van der Waals surface area (Å²) in [5.74, 6) is 0.343. The van der Waals surface area contributed by atoms with E-state index in [0.29, 0.717) is 48.3 Å². The number of esters is 1. The van der Waals surface area contributed by atoms with Gasteiger partial charge in [0.2, 0.25) is 5.75 Å². The number of ether oxygens (including phenoxy) is 4. The van der Waals surface area contributed by atoms with Crippen LogP contribution in [0, 0.1) is 0 Å². The van der Waals surface area contributed by atoms with Crippen LogP contribution in [0.4, 0.5) is 5.69 Å². The monoisotopic (exact) mass is 387 g/mol. The van der Waals surface area contributed by atoms with E-state index in [0.717, 1.165) is 0 Å². The van der Waals surface area contributed by atoms with E-state index in [1.54, 1.807) is 36.4 Å². The number of nitrogens with one attached hydrogen (secondary N) is 1. The second kappa shape index (κ2) is 10.2. The topological polar surface area (TPSA) is 83.1 Å². The number of hydrogen-bond acceptors (Lipinski definition) is 6. The average molecular weight is 387 g/mol. The van der Waals surface area contributed by atoms with Crippen molar-refractivity contribution in [3.63, 3.8) is 0 Å². The van der Waals surface area contributed by atoms with Crippen LogP contribution in [0.5, 0.6) is 17.2 Å². The maximum Gasteiger partial charge on any atom is 0.339 e. The summed E-state index contributed by atoms with van der Waals surface area (Å²) in [6.07, 6.45) is 0. The van der Waals surface area contributed by atoms with Crippen molar-refractivity contribution in [3.05, 3.63) is 47.5 Å². The van der Waals surface area contributed by atoms with Gasteiger partial charge in [-0.05, 0) is 45.0 Å². The Morgan fingerprint density at radius 2 is 1.46 bits per heavy atom. The van der Waals surface area contributed by atoms with Crippen molar-refractivity contribution in [1.29, 1.82) is 0 Å². The largest absolute Gasteiger partial charge is 0.490 e. The molecule has 1 N–H and O–H groups in total. The van der Waals surface area contributed by atoms with Gasteiger partial charge in [0.15, 0.2) is 11.5 Å². The predicted octanol–water partition coefficient (Wildman–Crippen LogP) is 3.92. The molecule has 0 aliphatic carbocycles. The first-order chi connectivity index (χ1) is 13.5. The Labute approximate surface area is 164 Å². The normalized spacial score (nSPS) is 10.1. The summed E-state index contributed by atoms with van der Waals surface area (Å²) in [6, 6.07) is 9.80. The highest BCUT2D eigenvalue weighted by Crippen LogP contribution is 2.39. The second-order valence-electron chi connectivity index (χ2n) is 5.59. The van der Waals surface area contributed by atoms with Crippen molar-refractivity contribution in [2.75, 3.05) is 32.2 Å². The molecule has 0 bridgehead atoms. The number of amides is 1. The molecule has 0 aliphatic heterocycles. The van der Waals surface area contributed by atoms with Gasteiger partial charge in [-0.1, -0.05) is 12.1 Å². The van der Waals surface area contributed by atoms with Gasteiger partial charge in [-0.15, -0.1) is 0 Å². The van der Waals surface area contributed by atoms with Gasteiger partial charge in [-0.2, -0.15) is 0 Å². The molecule has 2 aromatic rings. The molecular weight excluding hydrogens is 362 g/mol. The van der Waals surface area contributed by atoms with E-state index < -0.39 is 11.9 Å². The van der Waals surface area contributed by atoms with E-state index >= 15 is 0 Å². The summed E-state index contributed by atoms with van der Waals surface area (Å²) in [4.78, 5) is 24.8. The maximum absolute atomic E-state index is 12.8. The summed E-state index contributed by atoms with van der Waals surface area (Å²) in [5, 5.41) is 2.74. The quantitative estimate of drug-likeness (QED) is 0.657. The molecule has 7 heteroatoms. The third-order valence-corrected chi connectivity index (χ3v) is 3.75. The highest BCUT2D eigenvalue weighted by atomic mass is 16.5. The number of methoxy groups -OCH3 is 1. The van der Waals surface area contributed by atoms with E-state index in [1.165, 1.54) is 7.11 Å². The Morgan fingerprint density at radius 1 is 0.893 bits per heavy atom. The number of carbonyl (C=O) groups is 2. The first-order valence-corrected chi connectivity index (χ1v) is 9.10. The number of carbonyl (C=O) groups excluding carboxylic acids is 2. The smallest absolute Gasteiger partial charge is 0.339 e.